The van der Waals surface area contributed by atoms with Crippen LogP contribution in [0.2, 0.25) is 0 Å². The third kappa shape index (κ3) is 3.86. The first kappa shape index (κ1) is 15.9. The fourth-order valence-corrected chi connectivity index (χ4v) is 4.08. The highest BCUT2D eigenvalue weighted by Crippen LogP contribution is 2.26. The standard InChI is InChI=1S/C18H16O3S2/c1-12-6-8-17(23-12)15(19)7-9-18(20)21-10-13-11-22-16-5-3-2-4-14(13)16/h2-6,8,11H,7,9-10H2,1H3. The molecule has 0 unspecified atom stereocenters. The first-order valence-corrected chi connectivity index (χ1v) is 9.03. The van der Waals surface area contributed by atoms with Crippen LogP contribution in [-0.4, -0.2) is 11.8 Å². The van der Waals surface area contributed by atoms with Gasteiger partial charge in [-0.2, -0.15) is 0 Å². The van der Waals surface area contributed by atoms with Gasteiger partial charge in [-0.05, 0) is 35.9 Å². The van der Waals surface area contributed by atoms with Crippen LogP contribution in [-0.2, 0) is 16.1 Å². The molecule has 0 saturated heterocycles. The van der Waals surface area contributed by atoms with Gasteiger partial charge in [0.25, 0.3) is 0 Å². The van der Waals surface area contributed by atoms with E-state index in [1.807, 2.05) is 48.7 Å². The summed E-state index contributed by atoms with van der Waals surface area (Å²) >= 11 is 3.10. The maximum atomic E-state index is 12.0. The zero-order valence-electron chi connectivity index (χ0n) is 12.7. The molecular weight excluding hydrogens is 328 g/mol. The van der Waals surface area contributed by atoms with E-state index in [0.29, 0.717) is 4.88 Å². The molecule has 3 rings (SSSR count). The minimum atomic E-state index is -0.332. The number of carbonyl (C=O) groups is 2. The summed E-state index contributed by atoms with van der Waals surface area (Å²) in [5.41, 5.74) is 1.01. The summed E-state index contributed by atoms with van der Waals surface area (Å²) in [5.74, 6) is -0.331. The van der Waals surface area contributed by atoms with Gasteiger partial charge in [-0.25, -0.2) is 0 Å². The molecule has 2 aromatic heterocycles. The topological polar surface area (TPSA) is 43.4 Å². The van der Waals surface area contributed by atoms with Crippen molar-refractivity contribution in [1.82, 2.24) is 0 Å². The molecule has 0 bridgehead atoms. The van der Waals surface area contributed by atoms with Gasteiger partial charge in [0.15, 0.2) is 5.78 Å². The Hall–Kier alpha value is -1.98. The second kappa shape index (κ2) is 7.06. The van der Waals surface area contributed by atoms with Crippen LogP contribution in [0.1, 0.15) is 33.0 Å². The first-order valence-electron chi connectivity index (χ1n) is 7.34. The number of carbonyl (C=O) groups excluding carboxylic acids is 2. The second-order valence-electron chi connectivity index (χ2n) is 5.25. The number of Topliss-reactive ketones (excluding diaryl/α,β-unsaturated/α-hetero) is 1. The van der Waals surface area contributed by atoms with Gasteiger partial charge in [-0.15, -0.1) is 22.7 Å². The normalized spacial score (nSPS) is 10.8. The van der Waals surface area contributed by atoms with Crippen LogP contribution in [0.4, 0.5) is 0 Å². The van der Waals surface area contributed by atoms with Crippen molar-refractivity contribution in [2.45, 2.75) is 26.4 Å². The second-order valence-corrected chi connectivity index (χ2v) is 7.45. The highest BCUT2D eigenvalue weighted by atomic mass is 32.1. The van der Waals surface area contributed by atoms with E-state index in [1.54, 1.807) is 11.3 Å². The highest BCUT2D eigenvalue weighted by Gasteiger charge is 2.12. The number of benzene rings is 1. The molecule has 0 aliphatic rings. The summed E-state index contributed by atoms with van der Waals surface area (Å²) in [6, 6.07) is 11.8. The molecule has 0 amide bonds. The number of ketones is 1. The number of hydrogen-bond acceptors (Lipinski definition) is 5. The van der Waals surface area contributed by atoms with Crippen LogP contribution in [0.25, 0.3) is 10.1 Å². The molecule has 0 radical (unpaired) electrons. The van der Waals surface area contributed by atoms with Gasteiger partial charge in [-0.3, -0.25) is 9.59 Å². The molecule has 0 aliphatic carbocycles. The molecular formula is C18H16O3S2. The molecule has 0 fully saturated rings. The van der Waals surface area contributed by atoms with Crippen LogP contribution in [0.15, 0.2) is 41.8 Å². The van der Waals surface area contributed by atoms with Crippen molar-refractivity contribution in [3.63, 3.8) is 0 Å². The number of thiophene rings is 2. The molecule has 118 valence electrons. The fourth-order valence-electron chi connectivity index (χ4n) is 2.30. The number of esters is 1. The van der Waals surface area contributed by atoms with Gasteiger partial charge in [0.05, 0.1) is 11.3 Å². The lowest BCUT2D eigenvalue weighted by Crippen LogP contribution is -2.07. The van der Waals surface area contributed by atoms with Crippen molar-refractivity contribution >= 4 is 44.5 Å². The fraction of sp³-hybridized carbons (Fsp3) is 0.222. The first-order chi connectivity index (χ1) is 11.1. The zero-order chi connectivity index (χ0) is 16.2. The number of aryl methyl sites for hydroxylation is 1. The van der Waals surface area contributed by atoms with Crippen molar-refractivity contribution in [3.8, 4) is 0 Å². The van der Waals surface area contributed by atoms with Crippen LogP contribution < -0.4 is 0 Å². The Balaban J connectivity index is 1.51. The van der Waals surface area contributed by atoms with E-state index in [0.717, 1.165) is 15.8 Å². The monoisotopic (exact) mass is 344 g/mol. The Morgan fingerprint density at radius 1 is 1.09 bits per heavy atom. The van der Waals surface area contributed by atoms with Crippen molar-refractivity contribution in [3.05, 3.63) is 57.1 Å². The lowest BCUT2D eigenvalue weighted by molar-refractivity contribution is -0.144. The summed E-state index contributed by atoms with van der Waals surface area (Å²) in [7, 11) is 0. The quantitative estimate of drug-likeness (QED) is 0.468. The lowest BCUT2D eigenvalue weighted by atomic mass is 10.2. The average Bonchev–Trinajstić information content (AvgIpc) is 3.17. The number of rotatable bonds is 6. The molecule has 5 heteroatoms. The SMILES string of the molecule is Cc1ccc(C(=O)CCC(=O)OCc2csc3ccccc23)s1. The summed E-state index contributed by atoms with van der Waals surface area (Å²) in [5, 5.41) is 3.13. The third-order valence-electron chi connectivity index (χ3n) is 3.52. The average molecular weight is 344 g/mol. The molecule has 3 aromatic rings. The van der Waals surface area contributed by atoms with Gasteiger partial charge in [0, 0.05) is 21.6 Å². The summed E-state index contributed by atoms with van der Waals surface area (Å²) in [4.78, 5) is 25.6. The molecule has 1 aromatic carbocycles. The Morgan fingerprint density at radius 2 is 1.91 bits per heavy atom. The Bertz CT molecular complexity index is 845. The number of ether oxygens (including phenoxy) is 1. The summed E-state index contributed by atoms with van der Waals surface area (Å²) < 4.78 is 6.49. The minimum Gasteiger partial charge on any atom is -0.461 e. The van der Waals surface area contributed by atoms with Crippen LogP contribution in [0.3, 0.4) is 0 Å². The van der Waals surface area contributed by atoms with Gasteiger partial charge in [0.1, 0.15) is 6.61 Å². The molecule has 0 aliphatic heterocycles. The van der Waals surface area contributed by atoms with Crippen LogP contribution in [0.5, 0.6) is 0 Å². The molecule has 0 atom stereocenters. The molecule has 23 heavy (non-hydrogen) atoms. The van der Waals surface area contributed by atoms with E-state index in [1.165, 1.54) is 16.0 Å². The van der Waals surface area contributed by atoms with Gasteiger partial charge in [0.2, 0.25) is 0 Å². The van der Waals surface area contributed by atoms with E-state index in [2.05, 4.69) is 0 Å². The number of fused-ring (bicyclic) bond motifs is 1. The Labute approximate surface area is 142 Å². The Kier molecular flexibility index (Phi) is 4.88. The predicted octanol–water partition coefficient (Wildman–Crippen LogP) is 4.98. The van der Waals surface area contributed by atoms with Gasteiger partial charge in [-0.1, -0.05) is 18.2 Å². The van der Waals surface area contributed by atoms with Crippen LogP contribution in [0, 0.1) is 6.92 Å². The van der Waals surface area contributed by atoms with Crippen LogP contribution >= 0.6 is 22.7 Å². The maximum absolute atomic E-state index is 12.0. The van der Waals surface area contributed by atoms with Crippen molar-refractivity contribution in [2.24, 2.45) is 0 Å². The van der Waals surface area contributed by atoms with Gasteiger partial charge >= 0.3 is 5.97 Å². The van der Waals surface area contributed by atoms with Crippen molar-refractivity contribution < 1.29 is 14.3 Å². The van der Waals surface area contributed by atoms with E-state index < -0.39 is 0 Å². The largest absolute Gasteiger partial charge is 0.461 e. The number of hydrogen-bond donors (Lipinski definition) is 0. The zero-order valence-corrected chi connectivity index (χ0v) is 14.3. The molecule has 0 saturated carbocycles. The van der Waals surface area contributed by atoms with E-state index in [4.69, 9.17) is 4.74 Å². The van der Waals surface area contributed by atoms with Crippen molar-refractivity contribution in [2.75, 3.05) is 0 Å². The highest BCUT2D eigenvalue weighted by molar-refractivity contribution is 7.17. The summed E-state index contributed by atoms with van der Waals surface area (Å²) in [6.07, 6.45) is 0.320. The Morgan fingerprint density at radius 3 is 2.70 bits per heavy atom. The maximum Gasteiger partial charge on any atom is 0.306 e. The summed E-state index contributed by atoms with van der Waals surface area (Å²) in [6.45, 7) is 2.22. The smallest absolute Gasteiger partial charge is 0.306 e. The van der Waals surface area contributed by atoms with E-state index in [-0.39, 0.29) is 31.2 Å². The molecule has 3 nitrogen and oxygen atoms in total. The molecule has 0 spiro atoms. The lowest BCUT2D eigenvalue weighted by Gasteiger charge is -2.03. The van der Waals surface area contributed by atoms with Crippen molar-refractivity contribution in [1.29, 1.82) is 0 Å². The minimum absolute atomic E-state index is 0.000957. The molecule has 0 N–H and O–H groups in total. The predicted molar refractivity (Wildman–Crippen MR) is 94.2 cm³/mol. The van der Waals surface area contributed by atoms with E-state index >= 15 is 0 Å². The third-order valence-corrected chi connectivity index (χ3v) is 5.58. The molecule has 2 heterocycles. The van der Waals surface area contributed by atoms with Gasteiger partial charge < -0.3 is 4.74 Å². The van der Waals surface area contributed by atoms with E-state index in [9.17, 15) is 9.59 Å².